The second-order valence-electron chi connectivity index (χ2n) is 6.77. The van der Waals surface area contributed by atoms with E-state index < -0.39 is 0 Å². The Morgan fingerprint density at radius 2 is 2.14 bits per heavy atom. The molecule has 142 valence electrons. The van der Waals surface area contributed by atoms with E-state index in [0.29, 0.717) is 13.1 Å². The zero-order valence-electron chi connectivity index (χ0n) is 16.0. The topological polar surface area (TPSA) is 58.1 Å². The molecule has 2 aromatic heterocycles. The zero-order valence-corrected chi connectivity index (χ0v) is 16.8. The summed E-state index contributed by atoms with van der Waals surface area (Å²) in [5, 5.41) is 4.73. The number of amides is 1. The van der Waals surface area contributed by atoms with E-state index in [1.165, 1.54) is 16.0 Å². The van der Waals surface area contributed by atoms with Gasteiger partial charge in [-0.1, -0.05) is 43.2 Å². The summed E-state index contributed by atoms with van der Waals surface area (Å²) < 4.78 is 0. The number of thiophene rings is 1. The molecule has 0 bridgehead atoms. The van der Waals surface area contributed by atoms with E-state index in [1.807, 2.05) is 11.0 Å². The summed E-state index contributed by atoms with van der Waals surface area (Å²) in [5.41, 5.74) is 2.51. The maximum atomic E-state index is 12.1. The molecule has 0 radical (unpaired) electrons. The number of rotatable bonds is 4. The largest absolute Gasteiger partial charge is 0.363 e. The molecule has 0 saturated heterocycles. The van der Waals surface area contributed by atoms with Crippen LogP contribution in [0.1, 0.15) is 42.3 Å². The predicted molar refractivity (Wildman–Crippen MR) is 113 cm³/mol. The summed E-state index contributed by atoms with van der Waals surface area (Å²) in [6, 6.07) is 10.6. The molecule has 3 heterocycles. The van der Waals surface area contributed by atoms with Gasteiger partial charge in [0.15, 0.2) is 0 Å². The fraction of sp³-hybridized carbons (Fsp3) is 0.318. The monoisotopic (exact) mass is 390 g/mol. The summed E-state index contributed by atoms with van der Waals surface area (Å²) in [6.07, 6.45) is 3.38. The zero-order chi connectivity index (χ0) is 19.5. The first-order valence-electron chi connectivity index (χ1n) is 9.49. The summed E-state index contributed by atoms with van der Waals surface area (Å²) in [6.45, 7) is 5.14. The first-order chi connectivity index (χ1) is 13.7. The van der Waals surface area contributed by atoms with Crippen molar-refractivity contribution in [3.8, 4) is 11.8 Å². The van der Waals surface area contributed by atoms with Crippen LogP contribution in [0.3, 0.4) is 0 Å². The third-order valence-corrected chi connectivity index (χ3v) is 6.20. The molecular formula is C22H22N4OS. The van der Waals surface area contributed by atoms with Gasteiger partial charge in [-0.2, -0.15) is 0 Å². The van der Waals surface area contributed by atoms with Crippen LogP contribution in [0.25, 0.3) is 10.2 Å². The van der Waals surface area contributed by atoms with E-state index in [0.717, 1.165) is 28.9 Å². The lowest BCUT2D eigenvalue weighted by molar-refractivity contribution is -0.125. The fourth-order valence-electron chi connectivity index (χ4n) is 3.67. The quantitative estimate of drug-likeness (QED) is 0.680. The highest BCUT2D eigenvalue weighted by Gasteiger charge is 2.26. The number of hydrogen-bond acceptors (Lipinski definition) is 5. The Balaban J connectivity index is 1.68. The van der Waals surface area contributed by atoms with Gasteiger partial charge >= 0.3 is 0 Å². The van der Waals surface area contributed by atoms with Crippen LogP contribution in [0.15, 0.2) is 36.7 Å². The molecule has 1 N–H and O–H groups in total. The molecule has 1 aromatic carbocycles. The second kappa shape index (κ2) is 7.99. The predicted octanol–water partition coefficient (Wildman–Crippen LogP) is 4.16. The minimum atomic E-state index is -0.106. The molecule has 0 unspecified atom stereocenters. The van der Waals surface area contributed by atoms with E-state index in [-0.39, 0.29) is 11.9 Å². The van der Waals surface area contributed by atoms with Crippen molar-refractivity contribution in [3.05, 3.63) is 52.7 Å². The lowest BCUT2D eigenvalue weighted by Crippen LogP contribution is -2.34. The number of hydrogen-bond donors (Lipinski definition) is 1. The van der Waals surface area contributed by atoms with Gasteiger partial charge < -0.3 is 10.2 Å². The van der Waals surface area contributed by atoms with Crippen LogP contribution >= 0.6 is 11.3 Å². The highest BCUT2D eigenvalue weighted by atomic mass is 32.1. The van der Waals surface area contributed by atoms with Crippen molar-refractivity contribution in [2.24, 2.45) is 0 Å². The van der Waals surface area contributed by atoms with Gasteiger partial charge in [0, 0.05) is 11.4 Å². The van der Waals surface area contributed by atoms with Crippen LogP contribution in [0, 0.1) is 11.8 Å². The van der Waals surface area contributed by atoms with Crippen molar-refractivity contribution < 1.29 is 4.79 Å². The molecule has 1 aliphatic heterocycles. The van der Waals surface area contributed by atoms with Crippen molar-refractivity contribution in [2.75, 3.05) is 11.9 Å². The van der Waals surface area contributed by atoms with Crippen LogP contribution < -0.4 is 5.32 Å². The molecule has 0 fully saturated rings. The van der Waals surface area contributed by atoms with Crippen molar-refractivity contribution in [2.45, 2.75) is 39.3 Å². The van der Waals surface area contributed by atoms with Crippen LogP contribution in [0.2, 0.25) is 0 Å². The number of nitrogens with one attached hydrogen (secondary N) is 1. The summed E-state index contributed by atoms with van der Waals surface area (Å²) >= 11 is 1.65. The van der Waals surface area contributed by atoms with Gasteiger partial charge in [-0.25, -0.2) is 9.97 Å². The van der Waals surface area contributed by atoms with Crippen LogP contribution in [-0.4, -0.2) is 27.3 Å². The van der Waals surface area contributed by atoms with E-state index >= 15 is 0 Å². The highest BCUT2D eigenvalue weighted by Crippen LogP contribution is 2.38. The van der Waals surface area contributed by atoms with Crippen molar-refractivity contribution in [3.63, 3.8) is 0 Å². The lowest BCUT2D eigenvalue weighted by Gasteiger charge is -2.25. The van der Waals surface area contributed by atoms with E-state index in [9.17, 15) is 4.79 Å². The number of carbonyl (C=O) groups is 1. The van der Waals surface area contributed by atoms with Crippen LogP contribution in [0.4, 0.5) is 5.82 Å². The second-order valence-corrected chi connectivity index (χ2v) is 7.86. The highest BCUT2D eigenvalue weighted by molar-refractivity contribution is 7.19. The standard InChI is InChI=1S/C22H22N4OS/c1-3-8-19(27)26-12-11-16-18(13-26)28-22-20(16)21(23-14-24-22)25-17(4-2)15-9-6-5-7-10-15/h5-7,9-10,14,17H,4,11-13H2,1-2H3,(H,23,24,25)/t17-/m1/s1. The number of nitrogens with zero attached hydrogens (tertiary/aromatic N) is 3. The lowest BCUT2D eigenvalue weighted by atomic mass is 10.0. The molecule has 0 saturated carbocycles. The summed E-state index contributed by atoms with van der Waals surface area (Å²) in [7, 11) is 0. The molecule has 28 heavy (non-hydrogen) atoms. The number of anilines is 1. The molecule has 4 rings (SSSR count). The maximum Gasteiger partial charge on any atom is 0.298 e. The van der Waals surface area contributed by atoms with Gasteiger partial charge in [-0.3, -0.25) is 4.79 Å². The molecule has 1 amide bonds. The SMILES string of the molecule is CC#CC(=O)N1CCc2c(sc3ncnc(N[C@H](CC)c4ccccc4)c23)C1. The van der Waals surface area contributed by atoms with Gasteiger partial charge in [0.1, 0.15) is 17.0 Å². The molecule has 1 aliphatic rings. The normalized spacial score (nSPS) is 14.1. The van der Waals surface area contributed by atoms with Gasteiger partial charge in [0.2, 0.25) is 0 Å². The Hall–Kier alpha value is -2.91. The summed E-state index contributed by atoms with van der Waals surface area (Å²) in [4.78, 5) is 25.2. The average molecular weight is 391 g/mol. The van der Waals surface area contributed by atoms with E-state index in [4.69, 9.17) is 0 Å². The van der Waals surface area contributed by atoms with Crippen molar-refractivity contribution >= 4 is 33.3 Å². The third-order valence-electron chi connectivity index (χ3n) is 5.08. The molecule has 5 nitrogen and oxygen atoms in total. The minimum absolute atomic E-state index is 0.106. The van der Waals surface area contributed by atoms with E-state index in [2.05, 4.69) is 58.3 Å². The molecule has 3 aromatic rings. The molecule has 6 heteroatoms. The number of fused-ring (bicyclic) bond motifs is 3. The smallest absolute Gasteiger partial charge is 0.298 e. The molecule has 1 atom stereocenters. The van der Waals surface area contributed by atoms with Gasteiger partial charge in [-0.05, 0) is 36.8 Å². The number of benzene rings is 1. The van der Waals surface area contributed by atoms with E-state index in [1.54, 1.807) is 24.6 Å². The Labute approximate surface area is 168 Å². The van der Waals surface area contributed by atoms with Gasteiger partial charge in [0.05, 0.1) is 18.0 Å². The van der Waals surface area contributed by atoms with Crippen molar-refractivity contribution in [1.82, 2.24) is 14.9 Å². The van der Waals surface area contributed by atoms with Crippen LogP contribution in [0.5, 0.6) is 0 Å². The third kappa shape index (κ3) is 3.46. The number of aromatic nitrogens is 2. The van der Waals surface area contributed by atoms with Gasteiger partial charge in [0.25, 0.3) is 5.91 Å². The Kier molecular flexibility index (Phi) is 5.27. The van der Waals surface area contributed by atoms with Crippen molar-refractivity contribution in [1.29, 1.82) is 0 Å². The summed E-state index contributed by atoms with van der Waals surface area (Å²) in [5.74, 6) is 6.12. The minimum Gasteiger partial charge on any atom is -0.363 e. The Morgan fingerprint density at radius 1 is 1.32 bits per heavy atom. The first-order valence-corrected chi connectivity index (χ1v) is 10.3. The van der Waals surface area contributed by atoms with Gasteiger partial charge in [-0.15, -0.1) is 11.3 Å². The number of carbonyl (C=O) groups excluding carboxylic acids is 1. The maximum absolute atomic E-state index is 12.1. The Bertz CT molecular complexity index is 1060. The molecular weight excluding hydrogens is 368 g/mol. The Morgan fingerprint density at radius 3 is 2.89 bits per heavy atom. The van der Waals surface area contributed by atoms with Crippen LogP contribution in [-0.2, 0) is 17.8 Å². The first kappa shape index (κ1) is 18.5. The fourth-order valence-corrected chi connectivity index (χ4v) is 4.87. The molecule has 0 aliphatic carbocycles. The average Bonchev–Trinajstić information content (AvgIpc) is 3.11. The molecule has 0 spiro atoms.